The largest absolute Gasteiger partial charge is 0.481 e. The van der Waals surface area contributed by atoms with Crippen LogP contribution in [0.4, 0.5) is 0 Å². The number of amides is 1. The highest BCUT2D eigenvalue weighted by Gasteiger charge is 2.60. The van der Waals surface area contributed by atoms with E-state index in [1.54, 1.807) is 4.90 Å². The Bertz CT molecular complexity index is 709. The molecule has 1 saturated carbocycles. The molecule has 1 aliphatic carbocycles. The first kappa shape index (κ1) is 11.5. The van der Waals surface area contributed by atoms with Gasteiger partial charge in [-0.25, -0.2) is 0 Å². The summed E-state index contributed by atoms with van der Waals surface area (Å²) in [4.78, 5) is 28.2. The van der Waals surface area contributed by atoms with Crippen molar-refractivity contribution in [3.05, 3.63) is 36.0 Å². The summed E-state index contributed by atoms with van der Waals surface area (Å²) in [6.07, 6.45) is 1.85. The van der Waals surface area contributed by atoms with E-state index < -0.39 is 5.97 Å². The standard InChI is InChI=1S/C15H14N2O3/c18-14(9-2-1-8-3-4-16-12(8)5-9)17-6-10-11(7-17)13(10)15(19)20/h1-5,10-11,13,16H,6-7H2,(H,19,20). The number of rotatable bonds is 2. The minimum absolute atomic E-state index is 0.00200. The van der Waals surface area contributed by atoms with E-state index >= 15 is 0 Å². The van der Waals surface area contributed by atoms with E-state index in [-0.39, 0.29) is 23.7 Å². The Labute approximate surface area is 115 Å². The Morgan fingerprint density at radius 1 is 1.20 bits per heavy atom. The van der Waals surface area contributed by atoms with Crippen LogP contribution < -0.4 is 0 Å². The quantitative estimate of drug-likeness (QED) is 0.870. The number of fused-ring (bicyclic) bond motifs is 2. The van der Waals surface area contributed by atoms with Crippen LogP contribution in [0.15, 0.2) is 30.5 Å². The lowest BCUT2D eigenvalue weighted by Gasteiger charge is -2.19. The summed E-state index contributed by atoms with van der Waals surface area (Å²) in [6, 6.07) is 7.58. The zero-order chi connectivity index (χ0) is 13.9. The van der Waals surface area contributed by atoms with Gasteiger partial charge in [-0.1, -0.05) is 6.07 Å². The van der Waals surface area contributed by atoms with E-state index in [2.05, 4.69) is 4.98 Å². The van der Waals surface area contributed by atoms with Gasteiger partial charge in [0.15, 0.2) is 0 Å². The van der Waals surface area contributed by atoms with Crippen molar-refractivity contribution in [1.82, 2.24) is 9.88 Å². The Morgan fingerprint density at radius 3 is 2.65 bits per heavy atom. The number of carboxylic acids is 1. The maximum atomic E-state index is 12.4. The molecule has 1 aromatic carbocycles. The number of nitrogens with one attached hydrogen (secondary N) is 1. The van der Waals surface area contributed by atoms with Crippen LogP contribution >= 0.6 is 0 Å². The third-order valence-electron chi connectivity index (χ3n) is 4.57. The molecule has 4 rings (SSSR count). The Kier molecular flexibility index (Phi) is 2.22. The molecule has 102 valence electrons. The van der Waals surface area contributed by atoms with Crippen molar-refractivity contribution in [3.63, 3.8) is 0 Å². The highest BCUT2D eigenvalue weighted by atomic mass is 16.4. The molecule has 0 spiro atoms. The predicted molar refractivity (Wildman–Crippen MR) is 72.3 cm³/mol. The van der Waals surface area contributed by atoms with E-state index in [1.807, 2.05) is 30.5 Å². The van der Waals surface area contributed by atoms with Crippen molar-refractivity contribution in [1.29, 1.82) is 0 Å². The van der Waals surface area contributed by atoms with Gasteiger partial charge in [0.05, 0.1) is 5.92 Å². The number of carbonyl (C=O) groups excluding carboxylic acids is 1. The van der Waals surface area contributed by atoms with E-state index in [4.69, 9.17) is 5.11 Å². The zero-order valence-electron chi connectivity index (χ0n) is 10.7. The molecule has 2 unspecified atom stereocenters. The molecule has 2 N–H and O–H groups in total. The molecular formula is C15H14N2O3. The van der Waals surface area contributed by atoms with Gasteiger partial charge in [-0.15, -0.1) is 0 Å². The van der Waals surface area contributed by atoms with Gasteiger partial charge in [-0.05, 0) is 35.4 Å². The molecule has 5 heteroatoms. The summed E-state index contributed by atoms with van der Waals surface area (Å²) < 4.78 is 0. The number of likely N-dealkylation sites (tertiary alicyclic amines) is 1. The monoisotopic (exact) mass is 270 g/mol. The third-order valence-corrected chi connectivity index (χ3v) is 4.57. The van der Waals surface area contributed by atoms with Gasteiger partial charge in [0.2, 0.25) is 0 Å². The highest BCUT2D eigenvalue weighted by molar-refractivity contribution is 5.98. The maximum Gasteiger partial charge on any atom is 0.307 e. The van der Waals surface area contributed by atoms with Crippen LogP contribution in [0.5, 0.6) is 0 Å². The Hall–Kier alpha value is -2.30. The van der Waals surface area contributed by atoms with Crippen LogP contribution in [0.1, 0.15) is 10.4 Å². The molecule has 1 aromatic heterocycles. The lowest BCUT2D eigenvalue weighted by molar-refractivity contribution is -0.139. The molecule has 2 heterocycles. The molecule has 2 atom stereocenters. The smallest absolute Gasteiger partial charge is 0.307 e. The average molecular weight is 270 g/mol. The van der Waals surface area contributed by atoms with Gasteiger partial charge in [0.1, 0.15) is 0 Å². The first-order valence-electron chi connectivity index (χ1n) is 6.74. The van der Waals surface area contributed by atoms with Crippen molar-refractivity contribution in [3.8, 4) is 0 Å². The van der Waals surface area contributed by atoms with Gasteiger partial charge in [0.25, 0.3) is 5.91 Å². The number of aromatic amines is 1. The minimum atomic E-state index is -0.722. The van der Waals surface area contributed by atoms with E-state index in [0.29, 0.717) is 18.7 Å². The van der Waals surface area contributed by atoms with E-state index in [1.165, 1.54) is 0 Å². The van der Waals surface area contributed by atoms with Gasteiger partial charge < -0.3 is 15.0 Å². The summed E-state index contributed by atoms with van der Waals surface area (Å²) in [7, 11) is 0. The number of hydrogen-bond donors (Lipinski definition) is 2. The summed E-state index contributed by atoms with van der Waals surface area (Å²) in [6.45, 7) is 1.15. The van der Waals surface area contributed by atoms with Gasteiger partial charge in [-0.3, -0.25) is 9.59 Å². The average Bonchev–Trinajstić information content (AvgIpc) is 2.82. The van der Waals surface area contributed by atoms with Crippen molar-refractivity contribution in [2.45, 2.75) is 0 Å². The lowest BCUT2D eigenvalue weighted by Crippen LogP contribution is -2.32. The zero-order valence-corrected chi connectivity index (χ0v) is 10.7. The topological polar surface area (TPSA) is 73.4 Å². The number of H-pyrrole nitrogens is 1. The number of carboxylic acid groups (broad SMARTS) is 1. The third kappa shape index (κ3) is 1.56. The summed E-state index contributed by atoms with van der Waals surface area (Å²) in [5.41, 5.74) is 1.61. The number of benzene rings is 1. The summed E-state index contributed by atoms with van der Waals surface area (Å²) in [5.74, 6) is -0.640. The summed E-state index contributed by atoms with van der Waals surface area (Å²) >= 11 is 0. The maximum absolute atomic E-state index is 12.4. The van der Waals surface area contributed by atoms with Crippen LogP contribution in [-0.4, -0.2) is 40.0 Å². The molecule has 1 aliphatic heterocycles. The fourth-order valence-electron chi connectivity index (χ4n) is 3.42. The molecule has 1 amide bonds. The normalized spacial score (nSPS) is 27.6. The number of hydrogen-bond acceptors (Lipinski definition) is 2. The molecule has 1 saturated heterocycles. The lowest BCUT2D eigenvalue weighted by atomic mass is 10.1. The van der Waals surface area contributed by atoms with E-state index in [0.717, 1.165) is 10.9 Å². The molecule has 2 aliphatic rings. The van der Waals surface area contributed by atoms with Crippen molar-refractivity contribution >= 4 is 22.8 Å². The van der Waals surface area contributed by atoms with Crippen LogP contribution in [0.2, 0.25) is 0 Å². The first-order chi connectivity index (χ1) is 9.65. The predicted octanol–water partition coefficient (Wildman–Crippen LogP) is 1.57. The first-order valence-corrected chi connectivity index (χ1v) is 6.74. The molecule has 5 nitrogen and oxygen atoms in total. The van der Waals surface area contributed by atoms with Gasteiger partial charge in [-0.2, -0.15) is 0 Å². The number of piperidine rings is 1. The minimum Gasteiger partial charge on any atom is -0.481 e. The second-order valence-electron chi connectivity index (χ2n) is 5.68. The van der Waals surface area contributed by atoms with Crippen LogP contribution in [-0.2, 0) is 4.79 Å². The van der Waals surface area contributed by atoms with Crippen LogP contribution in [0, 0.1) is 17.8 Å². The van der Waals surface area contributed by atoms with Crippen LogP contribution in [0.25, 0.3) is 10.9 Å². The molecule has 0 radical (unpaired) electrons. The Morgan fingerprint density at radius 2 is 1.95 bits per heavy atom. The summed E-state index contributed by atoms with van der Waals surface area (Å²) in [5, 5.41) is 10.1. The van der Waals surface area contributed by atoms with E-state index in [9.17, 15) is 9.59 Å². The SMILES string of the molecule is O=C(O)C1C2CN(C(=O)c3ccc4cc[nH]c4c3)CC21. The number of nitrogens with zero attached hydrogens (tertiary/aromatic N) is 1. The molecular weight excluding hydrogens is 256 g/mol. The number of carbonyl (C=O) groups is 2. The highest BCUT2D eigenvalue weighted by Crippen LogP contribution is 2.51. The fourth-order valence-corrected chi connectivity index (χ4v) is 3.42. The van der Waals surface area contributed by atoms with Crippen LogP contribution in [0.3, 0.4) is 0 Å². The van der Waals surface area contributed by atoms with Crippen molar-refractivity contribution in [2.24, 2.45) is 17.8 Å². The Balaban J connectivity index is 1.53. The molecule has 20 heavy (non-hydrogen) atoms. The van der Waals surface area contributed by atoms with Gasteiger partial charge in [0, 0.05) is 30.4 Å². The van der Waals surface area contributed by atoms with Crippen molar-refractivity contribution < 1.29 is 14.7 Å². The number of aliphatic carboxylic acids is 1. The van der Waals surface area contributed by atoms with Gasteiger partial charge >= 0.3 is 5.97 Å². The second kappa shape index (κ2) is 3.85. The molecule has 2 aromatic rings. The molecule has 0 bridgehead atoms. The fraction of sp³-hybridized carbons (Fsp3) is 0.333. The second-order valence-corrected chi connectivity index (χ2v) is 5.68. The molecule has 2 fully saturated rings. The van der Waals surface area contributed by atoms with Crippen molar-refractivity contribution in [2.75, 3.05) is 13.1 Å². The number of aromatic nitrogens is 1.